The molecule has 0 saturated carbocycles. The molecule has 4 heteroatoms. The summed E-state index contributed by atoms with van der Waals surface area (Å²) in [4.78, 5) is 13.2. The Bertz CT molecular complexity index is 398. The van der Waals surface area contributed by atoms with Gasteiger partial charge in [0, 0.05) is 24.7 Å². The van der Waals surface area contributed by atoms with E-state index in [1.54, 1.807) is 6.07 Å². The second-order valence-corrected chi connectivity index (χ2v) is 4.07. The van der Waals surface area contributed by atoms with Crippen molar-refractivity contribution in [3.8, 4) is 0 Å². The number of carboxylic acid groups (broad SMARTS) is 1. The van der Waals surface area contributed by atoms with Crippen LogP contribution in [0.4, 0.5) is 5.69 Å². The lowest BCUT2D eigenvalue weighted by Crippen LogP contribution is -2.42. The minimum Gasteiger partial charge on any atom is -0.478 e. The molecule has 15 heavy (non-hydrogen) atoms. The van der Waals surface area contributed by atoms with Crippen LogP contribution in [0.25, 0.3) is 0 Å². The molecule has 0 spiro atoms. The van der Waals surface area contributed by atoms with Gasteiger partial charge in [0.1, 0.15) is 0 Å². The van der Waals surface area contributed by atoms with Gasteiger partial charge < -0.3 is 15.7 Å². The Balaban J connectivity index is 2.34. The van der Waals surface area contributed by atoms with Gasteiger partial charge in [-0.05, 0) is 24.7 Å². The lowest BCUT2D eigenvalue weighted by Gasteiger charge is -2.37. The van der Waals surface area contributed by atoms with Crippen molar-refractivity contribution < 1.29 is 9.90 Å². The lowest BCUT2D eigenvalue weighted by molar-refractivity contribution is 0.0692. The fourth-order valence-corrected chi connectivity index (χ4v) is 2.01. The van der Waals surface area contributed by atoms with Gasteiger partial charge in [-0.1, -0.05) is 6.07 Å². The molecule has 0 aromatic heterocycles. The van der Waals surface area contributed by atoms with E-state index in [9.17, 15) is 4.79 Å². The molecule has 1 fully saturated rings. The molecule has 4 nitrogen and oxygen atoms in total. The van der Waals surface area contributed by atoms with Crippen molar-refractivity contribution >= 4 is 11.7 Å². The Morgan fingerprint density at radius 1 is 1.53 bits per heavy atom. The average Bonchev–Trinajstić information content (AvgIpc) is 2.13. The Kier molecular flexibility index (Phi) is 2.36. The zero-order valence-corrected chi connectivity index (χ0v) is 8.60. The molecule has 0 aliphatic carbocycles. The largest absolute Gasteiger partial charge is 0.478 e. The van der Waals surface area contributed by atoms with Crippen LogP contribution in [0.3, 0.4) is 0 Å². The van der Waals surface area contributed by atoms with E-state index in [-0.39, 0.29) is 0 Å². The van der Waals surface area contributed by atoms with E-state index >= 15 is 0 Å². The highest BCUT2D eigenvalue weighted by atomic mass is 16.4. The van der Waals surface area contributed by atoms with Crippen molar-refractivity contribution in [2.24, 2.45) is 0 Å². The molecule has 0 atom stereocenters. The van der Waals surface area contributed by atoms with E-state index in [2.05, 4.69) is 4.90 Å². The third-order valence-corrected chi connectivity index (χ3v) is 2.81. The second kappa shape index (κ2) is 3.55. The monoisotopic (exact) mass is 206 g/mol. The van der Waals surface area contributed by atoms with Gasteiger partial charge in [-0.25, -0.2) is 4.79 Å². The molecule has 80 valence electrons. The highest BCUT2D eigenvalue weighted by molar-refractivity contribution is 5.90. The number of anilines is 1. The van der Waals surface area contributed by atoms with Crippen molar-refractivity contribution in [1.29, 1.82) is 0 Å². The fraction of sp³-hybridized carbons (Fsp3) is 0.364. The first-order valence-corrected chi connectivity index (χ1v) is 4.89. The van der Waals surface area contributed by atoms with Crippen LogP contribution in [-0.4, -0.2) is 36.1 Å². The van der Waals surface area contributed by atoms with Crippen LogP contribution in [0.2, 0.25) is 0 Å². The van der Waals surface area contributed by atoms with Gasteiger partial charge in [0.05, 0.1) is 5.56 Å². The van der Waals surface area contributed by atoms with Gasteiger partial charge >= 0.3 is 5.97 Å². The minimum absolute atomic E-state index is 0.335. The molecule has 2 rings (SSSR count). The third-order valence-electron chi connectivity index (χ3n) is 2.81. The van der Waals surface area contributed by atoms with E-state index in [1.165, 1.54) is 6.07 Å². The van der Waals surface area contributed by atoms with E-state index in [1.807, 2.05) is 13.1 Å². The molecule has 1 aliphatic heterocycles. The number of likely N-dealkylation sites (N-methyl/N-ethyl adjacent to an activating group) is 1. The Morgan fingerprint density at radius 3 is 2.73 bits per heavy atom. The normalized spacial score (nSPS) is 17.4. The van der Waals surface area contributed by atoms with Crippen molar-refractivity contribution in [3.05, 3.63) is 29.3 Å². The van der Waals surface area contributed by atoms with E-state index in [0.29, 0.717) is 17.2 Å². The standard InChI is InChI=1S/C11H14N2O2/c1-13-5-7(6-13)9-3-2-8(12)4-10(9)11(14)15/h2-4,7H,5-6,12H2,1H3,(H,14,15). The molecule has 1 aliphatic rings. The maximum atomic E-state index is 11.0. The first kappa shape index (κ1) is 9.98. The van der Waals surface area contributed by atoms with E-state index in [4.69, 9.17) is 10.8 Å². The summed E-state index contributed by atoms with van der Waals surface area (Å²) in [6, 6.07) is 5.13. The molecule has 3 N–H and O–H groups in total. The van der Waals surface area contributed by atoms with Crippen molar-refractivity contribution in [2.75, 3.05) is 25.9 Å². The Hall–Kier alpha value is -1.55. The summed E-state index contributed by atoms with van der Waals surface area (Å²) in [6.07, 6.45) is 0. The van der Waals surface area contributed by atoms with E-state index in [0.717, 1.165) is 18.7 Å². The summed E-state index contributed by atoms with van der Waals surface area (Å²) in [5.41, 5.74) is 7.32. The van der Waals surface area contributed by atoms with Crippen LogP contribution in [0.5, 0.6) is 0 Å². The zero-order chi connectivity index (χ0) is 11.0. The molecule has 1 aromatic rings. The molecule has 1 saturated heterocycles. The molecule has 0 unspecified atom stereocenters. The number of benzene rings is 1. The zero-order valence-electron chi connectivity index (χ0n) is 8.60. The number of carbonyl (C=O) groups is 1. The van der Waals surface area contributed by atoms with Crippen molar-refractivity contribution in [1.82, 2.24) is 4.90 Å². The van der Waals surface area contributed by atoms with Gasteiger partial charge in [0.25, 0.3) is 0 Å². The number of nitrogens with zero attached hydrogens (tertiary/aromatic N) is 1. The molecule has 1 heterocycles. The van der Waals surface area contributed by atoms with Gasteiger partial charge in [-0.3, -0.25) is 0 Å². The summed E-state index contributed by atoms with van der Waals surface area (Å²) >= 11 is 0. The maximum Gasteiger partial charge on any atom is 0.336 e. The van der Waals surface area contributed by atoms with Crippen molar-refractivity contribution in [2.45, 2.75) is 5.92 Å². The molecule has 0 bridgehead atoms. The highest BCUT2D eigenvalue weighted by Gasteiger charge is 2.28. The summed E-state index contributed by atoms with van der Waals surface area (Å²) < 4.78 is 0. The number of rotatable bonds is 2. The summed E-state index contributed by atoms with van der Waals surface area (Å²) in [7, 11) is 2.02. The molecular weight excluding hydrogens is 192 g/mol. The van der Waals surface area contributed by atoms with Gasteiger partial charge in [-0.15, -0.1) is 0 Å². The highest BCUT2D eigenvalue weighted by Crippen LogP contribution is 2.29. The van der Waals surface area contributed by atoms with Gasteiger partial charge in [-0.2, -0.15) is 0 Å². The summed E-state index contributed by atoms with van der Waals surface area (Å²) in [6.45, 7) is 1.84. The van der Waals surface area contributed by atoms with Crippen LogP contribution in [0, 0.1) is 0 Å². The molecule has 0 radical (unpaired) electrons. The predicted molar refractivity (Wildman–Crippen MR) is 58.1 cm³/mol. The smallest absolute Gasteiger partial charge is 0.336 e. The topological polar surface area (TPSA) is 66.6 Å². The summed E-state index contributed by atoms with van der Waals surface area (Å²) in [5.74, 6) is -0.562. The molecular formula is C11H14N2O2. The number of hydrogen-bond donors (Lipinski definition) is 2. The number of nitrogens with two attached hydrogens (primary N) is 1. The average molecular weight is 206 g/mol. The van der Waals surface area contributed by atoms with Gasteiger partial charge in [0.15, 0.2) is 0 Å². The van der Waals surface area contributed by atoms with Crippen LogP contribution in [0.1, 0.15) is 21.8 Å². The quantitative estimate of drug-likeness (QED) is 0.708. The number of likely N-dealkylation sites (tertiary alicyclic amines) is 1. The Labute approximate surface area is 88.3 Å². The lowest BCUT2D eigenvalue weighted by atomic mass is 9.88. The van der Waals surface area contributed by atoms with Gasteiger partial charge in [0.2, 0.25) is 0 Å². The first-order chi connectivity index (χ1) is 7.08. The predicted octanol–water partition coefficient (Wildman–Crippen LogP) is 0.996. The number of carboxylic acids is 1. The molecule has 1 aromatic carbocycles. The third kappa shape index (κ3) is 1.80. The second-order valence-electron chi connectivity index (χ2n) is 4.07. The van der Waals surface area contributed by atoms with Crippen LogP contribution < -0.4 is 5.73 Å². The van der Waals surface area contributed by atoms with E-state index < -0.39 is 5.97 Å². The summed E-state index contributed by atoms with van der Waals surface area (Å²) in [5, 5.41) is 9.06. The number of aromatic carboxylic acids is 1. The maximum absolute atomic E-state index is 11.0. The molecule has 0 amide bonds. The first-order valence-electron chi connectivity index (χ1n) is 4.89. The van der Waals surface area contributed by atoms with Crippen LogP contribution >= 0.6 is 0 Å². The van der Waals surface area contributed by atoms with Crippen molar-refractivity contribution in [3.63, 3.8) is 0 Å². The SMILES string of the molecule is CN1CC(c2ccc(N)cc2C(=O)O)C1. The van der Waals surface area contributed by atoms with Crippen LogP contribution in [0.15, 0.2) is 18.2 Å². The Morgan fingerprint density at radius 2 is 2.20 bits per heavy atom. The fourth-order valence-electron chi connectivity index (χ4n) is 2.01. The number of nitrogen functional groups attached to an aromatic ring is 1. The number of hydrogen-bond acceptors (Lipinski definition) is 3. The minimum atomic E-state index is -0.896. The van der Waals surface area contributed by atoms with Crippen LogP contribution in [-0.2, 0) is 0 Å².